The third kappa shape index (κ3) is 4.32. The van der Waals surface area contributed by atoms with Crippen molar-refractivity contribution in [2.75, 3.05) is 0 Å². The molecule has 0 bridgehead atoms. The molecule has 0 radical (unpaired) electrons. The van der Waals surface area contributed by atoms with Gasteiger partial charge >= 0.3 is 0 Å². The van der Waals surface area contributed by atoms with E-state index in [2.05, 4.69) is 48.0 Å². The Morgan fingerprint density at radius 3 is 2.42 bits per heavy atom. The average Bonchev–Trinajstić information content (AvgIpc) is 2.63. The molecule has 1 fully saturated rings. The van der Waals surface area contributed by atoms with Gasteiger partial charge in [-0.05, 0) is 55.2 Å². The number of rotatable bonds is 2. The van der Waals surface area contributed by atoms with Gasteiger partial charge in [-0.1, -0.05) is 66.2 Å². The van der Waals surface area contributed by atoms with Crippen molar-refractivity contribution in [2.24, 2.45) is 5.92 Å². The summed E-state index contributed by atoms with van der Waals surface area (Å²) in [5, 5.41) is 0.791. The average molecular weight is 358 g/mol. The molecule has 0 N–H and O–H groups in total. The van der Waals surface area contributed by atoms with Crippen LogP contribution in [-0.2, 0) is 6.42 Å². The van der Waals surface area contributed by atoms with Gasteiger partial charge in [-0.2, -0.15) is 0 Å². The molecule has 1 aromatic carbocycles. The summed E-state index contributed by atoms with van der Waals surface area (Å²) >= 11 is 11.8. The second-order valence-electron chi connectivity index (χ2n) is 6.41. The van der Waals surface area contributed by atoms with Crippen LogP contribution in [0.2, 0.25) is 10.2 Å². The summed E-state index contributed by atoms with van der Waals surface area (Å²) in [6.45, 7) is 2.20. The second-order valence-corrected chi connectivity index (χ2v) is 7.17. The molecule has 1 aromatic heterocycles. The minimum absolute atomic E-state index is 0.330. The molecule has 24 heavy (non-hydrogen) atoms. The zero-order chi connectivity index (χ0) is 16.9. The molecule has 1 saturated carbocycles. The molecule has 1 aliphatic carbocycles. The number of hydrogen-bond acceptors (Lipinski definition) is 1. The zero-order valence-electron chi connectivity index (χ0n) is 13.9. The molecule has 0 saturated heterocycles. The summed E-state index contributed by atoms with van der Waals surface area (Å²) in [6, 6.07) is 10.9. The highest BCUT2D eigenvalue weighted by Gasteiger charge is 2.21. The normalized spacial score (nSPS) is 20.3. The van der Waals surface area contributed by atoms with Crippen LogP contribution in [0.15, 0.2) is 36.5 Å². The molecule has 1 nitrogen and oxygen atoms in total. The van der Waals surface area contributed by atoms with Crippen LogP contribution < -0.4 is 0 Å². The van der Waals surface area contributed by atoms with Crippen LogP contribution in [0, 0.1) is 17.8 Å². The Kier molecular flexibility index (Phi) is 5.82. The SMILES string of the molecule is CCc1ccc(C2CCC(C#Cc3cnc(Cl)c(Cl)c3)CC2)cc1. The van der Waals surface area contributed by atoms with Gasteiger partial charge in [0.25, 0.3) is 0 Å². The van der Waals surface area contributed by atoms with Crippen molar-refractivity contribution >= 4 is 23.2 Å². The quantitative estimate of drug-likeness (QED) is 0.455. The molecule has 0 atom stereocenters. The highest BCUT2D eigenvalue weighted by Crippen LogP contribution is 2.35. The fourth-order valence-electron chi connectivity index (χ4n) is 3.27. The first kappa shape index (κ1) is 17.3. The van der Waals surface area contributed by atoms with E-state index in [1.165, 1.54) is 24.0 Å². The molecule has 124 valence electrons. The first-order valence-electron chi connectivity index (χ1n) is 8.57. The molecular weight excluding hydrogens is 337 g/mol. The van der Waals surface area contributed by atoms with Crippen LogP contribution in [0.5, 0.6) is 0 Å². The highest BCUT2D eigenvalue weighted by atomic mass is 35.5. The van der Waals surface area contributed by atoms with E-state index >= 15 is 0 Å². The van der Waals surface area contributed by atoms with Crippen LogP contribution in [0.3, 0.4) is 0 Å². The Morgan fingerprint density at radius 2 is 1.79 bits per heavy atom. The molecule has 1 heterocycles. The lowest BCUT2D eigenvalue weighted by Gasteiger charge is -2.26. The maximum atomic E-state index is 5.98. The van der Waals surface area contributed by atoms with E-state index in [9.17, 15) is 0 Å². The molecule has 0 unspecified atom stereocenters. The summed E-state index contributed by atoms with van der Waals surface area (Å²) in [5.41, 5.74) is 3.72. The first-order valence-corrected chi connectivity index (χ1v) is 9.32. The largest absolute Gasteiger partial charge is 0.242 e. The minimum Gasteiger partial charge on any atom is -0.242 e. The van der Waals surface area contributed by atoms with Crippen molar-refractivity contribution in [1.29, 1.82) is 0 Å². The van der Waals surface area contributed by atoms with Gasteiger partial charge in [0.2, 0.25) is 0 Å². The van der Waals surface area contributed by atoms with Gasteiger partial charge < -0.3 is 0 Å². The molecule has 3 rings (SSSR count). The Bertz CT molecular complexity index is 748. The summed E-state index contributed by atoms with van der Waals surface area (Å²) in [5.74, 6) is 7.72. The Hall–Kier alpha value is -1.49. The first-order chi connectivity index (χ1) is 11.7. The van der Waals surface area contributed by atoms with Gasteiger partial charge in [0.15, 0.2) is 0 Å². The molecule has 0 amide bonds. The molecule has 0 aliphatic heterocycles. The van der Waals surface area contributed by atoms with E-state index in [0.717, 1.165) is 24.8 Å². The topological polar surface area (TPSA) is 12.9 Å². The smallest absolute Gasteiger partial charge is 0.147 e. The van der Waals surface area contributed by atoms with E-state index in [1.54, 1.807) is 12.3 Å². The van der Waals surface area contributed by atoms with Crippen LogP contribution in [0.4, 0.5) is 0 Å². The Labute approximate surface area is 154 Å². The van der Waals surface area contributed by atoms with Crippen LogP contribution in [-0.4, -0.2) is 4.98 Å². The molecular formula is C21H21Cl2N. The number of benzene rings is 1. The third-order valence-electron chi connectivity index (χ3n) is 4.80. The van der Waals surface area contributed by atoms with Crippen molar-refractivity contribution in [2.45, 2.75) is 44.9 Å². The van der Waals surface area contributed by atoms with Crippen LogP contribution >= 0.6 is 23.2 Å². The molecule has 3 heteroatoms. The van der Waals surface area contributed by atoms with Crippen molar-refractivity contribution in [3.63, 3.8) is 0 Å². The number of aromatic nitrogens is 1. The van der Waals surface area contributed by atoms with Gasteiger partial charge in [0.1, 0.15) is 5.15 Å². The lowest BCUT2D eigenvalue weighted by Crippen LogP contribution is -2.12. The van der Waals surface area contributed by atoms with Gasteiger partial charge in [0, 0.05) is 17.7 Å². The van der Waals surface area contributed by atoms with Gasteiger partial charge in [-0.3, -0.25) is 0 Å². The van der Waals surface area contributed by atoms with Crippen molar-refractivity contribution < 1.29 is 0 Å². The summed E-state index contributed by atoms with van der Waals surface area (Å²) < 4.78 is 0. The van der Waals surface area contributed by atoms with E-state index < -0.39 is 0 Å². The summed E-state index contributed by atoms with van der Waals surface area (Å²) in [4.78, 5) is 4.04. The maximum absolute atomic E-state index is 5.98. The van der Waals surface area contributed by atoms with Gasteiger partial charge in [-0.25, -0.2) is 4.98 Å². The minimum atomic E-state index is 0.330. The van der Waals surface area contributed by atoms with Crippen molar-refractivity contribution in [1.82, 2.24) is 4.98 Å². The lowest BCUT2D eigenvalue weighted by molar-refractivity contribution is 0.384. The summed E-state index contributed by atoms with van der Waals surface area (Å²) in [6.07, 6.45) is 7.52. The van der Waals surface area contributed by atoms with Crippen molar-refractivity contribution in [3.05, 3.63) is 63.4 Å². The highest BCUT2D eigenvalue weighted by molar-refractivity contribution is 6.41. The van der Waals surface area contributed by atoms with E-state index in [1.807, 2.05) is 0 Å². The predicted molar refractivity (Wildman–Crippen MR) is 102 cm³/mol. The second kappa shape index (κ2) is 8.06. The number of hydrogen-bond donors (Lipinski definition) is 0. The van der Waals surface area contributed by atoms with Crippen LogP contribution in [0.1, 0.15) is 55.2 Å². The maximum Gasteiger partial charge on any atom is 0.147 e. The summed E-state index contributed by atoms with van der Waals surface area (Å²) in [7, 11) is 0. The van der Waals surface area contributed by atoms with E-state index in [-0.39, 0.29) is 0 Å². The standard InChI is InChI=1S/C21H21Cl2N/c1-2-15-5-9-18(10-6-15)19-11-7-16(8-12-19)3-4-17-13-20(22)21(23)24-14-17/h5-6,9-10,13-14,16,19H,2,7-8,11-12H2,1H3. The van der Waals surface area contributed by atoms with Crippen LogP contribution in [0.25, 0.3) is 0 Å². The third-order valence-corrected chi connectivity index (χ3v) is 5.49. The number of pyridine rings is 1. The number of nitrogens with zero attached hydrogens (tertiary/aromatic N) is 1. The monoisotopic (exact) mass is 357 g/mol. The fraction of sp³-hybridized carbons (Fsp3) is 0.381. The predicted octanol–water partition coefficient (Wildman–Crippen LogP) is 6.28. The van der Waals surface area contributed by atoms with Crippen molar-refractivity contribution in [3.8, 4) is 11.8 Å². The van der Waals surface area contributed by atoms with E-state index in [0.29, 0.717) is 22.0 Å². The van der Waals surface area contributed by atoms with E-state index in [4.69, 9.17) is 23.2 Å². The Balaban J connectivity index is 1.59. The number of halogens is 2. The Morgan fingerprint density at radius 1 is 1.08 bits per heavy atom. The number of aryl methyl sites for hydroxylation is 1. The van der Waals surface area contributed by atoms with Gasteiger partial charge in [-0.15, -0.1) is 0 Å². The molecule has 2 aromatic rings. The fourth-order valence-corrected chi connectivity index (χ4v) is 3.54. The van der Waals surface area contributed by atoms with Gasteiger partial charge in [0.05, 0.1) is 5.02 Å². The molecule has 0 spiro atoms. The molecule has 1 aliphatic rings. The zero-order valence-corrected chi connectivity index (χ0v) is 15.4. The lowest BCUT2D eigenvalue weighted by atomic mass is 9.79.